The summed E-state index contributed by atoms with van der Waals surface area (Å²) in [6, 6.07) is 2.77. The molecule has 0 saturated carbocycles. The molecule has 1 aromatic rings. The van der Waals surface area contributed by atoms with Crippen LogP contribution in [0.4, 0.5) is 15.8 Å². The van der Waals surface area contributed by atoms with E-state index in [2.05, 4.69) is 0 Å². The van der Waals surface area contributed by atoms with Crippen molar-refractivity contribution in [3.8, 4) is 0 Å². The number of nitrogen functional groups attached to an aromatic ring is 1. The zero-order valence-corrected chi connectivity index (χ0v) is 12.3. The van der Waals surface area contributed by atoms with Gasteiger partial charge in [-0.15, -0.1) is 0 Å². The first-order chi connectivity index (χ1) is 8.92. The summed E-state index contributed by atoms with van der Waals surface area (Å²) >= 11 is 1.70. The Morgan fingerprint density at radius 1 is 1.53 bits per heavy atom. The molecular weight excluding hydrogens is 265 g/mol. The second-order valence-electron chi connectivity index (χ2n) is 4.38. The van der Waals surface area contributed by atoms with E-state index in [1.54, 1.807) is 11.8 Å². The maximum Gasteiger partial charge on any atom is 0.250 e. The Bertz CT molecular complexity index is 467. The number of nitrogens with zero attached hydrogens (tertiary/aromatic N) is 1. The molecule has 1 unspecified atom stereocenters. The van der Waals surface area contributed by atoms with E-state index in [-0.39, 0.29) is 17.3 Å². The molecule has 0 aliphatic carbocycles. The molecule has 0 heterocycles. The van der Waals surface area contributed by atoms with E-state index < -0.39 is 11.7 Å². The van der Waals surface area contributed by atoms with Crippen molar-refractivity contribution >= 4 is 29.0 Å². The van der Waals surface area contributed by atoms with Gasteiger partial charge in [0.05, 0.1) is 11.3 Å². The fourth-order valence-electron chi connectivity index (χ4n) is 1.95. The van der Waals surface area contributed by atoms with E-state index >= 15 is 0 Å². The number of hydrogen-bond acceptors (Lipinski definition) is 4. The van der Waals surface area contributed by atoms with Crippen LogP contribution in [0.25, 0.3) is 0 Å². The Hall–Kier alpha value is -1.43. The number of halogens is 1. The lowest BCUT2D eigenvalue weighted by Gasteiger charge is -2.29. The molecule has 0 bridgehead atoms. The second kappa shape index (κ2) is 6.65. The Morgan fingerprint density at radius 3 is 2.63 bits per heavy atom. The van der Waals surface area contributed by atoms with E-state index in [1.165, 1.54) is 6.07 Å². The van der Waals surface area contributed by atoms with E-state index in [0.29, 0.717) is 5.69 Å². The van der Waals surface area contributed by atoms with Crippen LogP contribution in [-0.2, 0) is 0 Å². The molecule has 0 saturated heterocycles. The number of primary amides is 1. The first-order valence-electron chi connectivity index (χ1n) is 6.02. The lowest BCUT2D eigenvalue weighted by molar-refractivity contribution is 0.100. The number of carbonyl (C=O) groups excluding carboxylic acids is 1. The molecule has 106 valence electrons. The Labute approximate surface area is 117 Å². The van der Waals surface area contributed by atoms with E-state index in [0.717, 1.165) is 18.2 Å². The first-order valence-corrected chi connectivity index (χ1v) is 7.42. The maximum atomic E-state index is 14.0. The van der Waals surface area contributed by atoms with Crippen LogP contribution in [0, 0.1) is 5.82 Å². The highest BCUT2D eigenvalue weighted by atomic mass is 32.2. The van der Waals surface area contributed by atoms with Crippen LogP contribution in [0.3, 0.4) is 0 Å². The van der Waals surface area contributed by atoms with Gasteiger partial charge in [0.15, 0.2) is 0 Å². The summed E-state index contributed by atoms with van der Waals surface area (Å²) in [5.74, 6) is -0.211. The van der Waals surface area contributed by atoms with Crippen LogP contribution in [0.2, 0.25) is 0 Å². The Balaban J connectivity index is 3.18. The minimum atomic E-state index is -0.648. The van der Waals surface area contributed by atoms with Gasteiger partial charge in [0.2, 0.25) is 0 Å². The molecule has 1 aromatic carbocycles. The van der Waals surface area contributed by atoms with Crippen molar-refractivity contribution in [2.24, 2.45) is 5.73 Å². The van der Waals surface area contributed by atoms with Crippen LogP contribution < -0.4 is 16.4 Å². The third-order valence-electron chi connectivity index (χ3n) is 3.14. The predicted molar refractivity (Wildman–Crippen MR) is 80.2 cm³/mol. The van der Waals surface area contributed by atoms with Crippen LogP contribution in [0.5, 0.6) is 0 Å². The summed E-state index contributed by atoms with van der Waals surface area (Å²) in [5, 5.41) is 0. The maximum absolute atomic E-state index is 14.0. The van der Waals surface area contributed by atoms with Gasteiger partial charge in [0, 0.05) is 24.5 Å². The molecule has 1 atom stereocenters. The van der Waals surface area contributed by atoms with Gasteiger partial charge in [-0.2, -0.15) is 11.8 Å². The third kappa shape index (κ3) is 3.53. The van der Waals surface area contributed by atoms with Crippen molar-refractivity contribution in [1.82, 2.24) is 0 Å². The molecule has 1 amide bonds. The number of benzene rings is 1. The summed E-state index contributed by atoms with van der Waals surface area (Å²) in [6.45, 7) is 2.04. The third-order valence-corrected chi connectivity index (χ3v) is 3.86. The molecule has 0 aliphatic heterocycles. The van der Waals surface area contributed by atoms with Crippen molar-refractivity contribution < 1.29 is 9.18 Å². The summed E-state index contributed by atoms with van der Waals surface area (Å²) in [5.41, 5.74) is 11.4. The molecule has 0 fully saturated rings. The molecule has 0 aromatic heterocycles. The normalized spacial score (nSPS) is 12.2. The largest absolute Gasteiger partial charge is 0.398 e. The summed E-state index contributed by atoms with van der Waals surface area (Å²) < 4.78 is 14.0. The fraction of sp³-hybridized carbons (Fsp3) is 0.462. The van der Waals surface area contributed by atoms with Crippen molar-refractivity contribution in [2.75, 3.05) is 29.7 Å². The highest BCUT2D eigenvalue weighted by Gasteiger charge is 2.19. The van der Waals surface area contributed by atoms with Crippen molar-refractivity contribution in [3.63, 3.8) is 0 Å². The van der Waals surface area contributed by atoms with Gasteiger partial charge in [0.1, 0.15) is 5.82 Å². The number of anilines is 2. The van der Waals surface area contributed by atoms with Crippen LogP contribution in [0.15, 0.2) is 12.1 Å². The van der Waals surface area contributed by atoms with Crippen molar-refractivity contribution in [3.05, 3.63) is 23.5 Å². The molecular formula is C13H20FN3OS. The molecule has 4 N–H and O–H groups in total. The lowest BCUT2D eigenvalue weighted by Crippen LogP contribution is -2.34. The Kier molecular flexibility index (Phi) is 5.47. The zero-order valence-electron chi connectivity index (χ0n) is 11.4. The van der Waals surface area contributed by atoms with E-state index in [4.69, 9.17) is 11.5 Å². The van der Waals surface area contributed by atoms with Gasteiger partial charge in [-0.25, -0.2) is 4.39 Å². The number of rotatable bonds is 6. The molecule has 6 heteroatoms. The van der Waals surface area contributed by atoms with Gasteiger partial charge in [-0.05, 0) is 24.8 Å². The molecule has 0 spiro atoms. The predicted octanol–water partition coefficient (Wildman–Crippen LogP) is 2.08. The van der Waals surface area contributed by atoms with Gasteiger partial charge >= 0.3 is 0 Å². The standard InChI is InChI=1S/C13H20FN3OS/c1-4-8(7-19-3)17(2)12-5-9(13(16)18)11(15)6-10(12)14/h5-6,8H,4,7,15H2,1-3H3,(H2,16,18). The molecule has 19 heavy (non-hydrogen) atoms. The number of carbonyl (C=O) groups is 1. The number of hydrogen-bond donors (Lipinski definition) is 2. The smallest absolute Gasteiger partial charge is 0.250 e. The van der Waals surface area contributed by atoms with Gasteiger partial charge < -0.3 is 16.4 Å². The zero-order chi connectivity index (χ0) is 14.6. The van der Waals surface area contributed by atoms with Crippen LogP contribution in [0.1, 0.15) is 23.7 Å². The van der Waals surface area contributed by atoms with E-state index in [9.17, 15) is 9.18 Å². The number of thioether (sulfide) groups is 1. The average Bonchev–Trinajstić information content (AvgIpc) is 2.34. The monoisotopic (exact) mass is 285 g/mol. The molecule has 0 aliphatic rings. The van der Waals surface area contributed by atoms with Crippen molar-refractivity contribution in [2.45, 2.75) is 19.4 Å². The molecule has 0 radical (unpaired) electrons. The summed E-state index contributed by atoms with van der Waals surface area (Å²) in [7, 11) is 1.81. The SMILES string of the molecule is CCC(CSC)N(C)c1cc(C(N)=O)c(N)cc1F. The average molecular weight is 285 g/mol. The van der Waals surface area contributed by atoms with Gasteiger partial charge in [-0.1, -0.05) is 6.92 Å². The fourth-order valence-corrected chi connectivity index (χ4v) is 2.80. The summed E-state index contributed by atoms with van der Waals surface area (Å²) in [6.07, 6.45) is 2.89. The molecule has 1 rings (SSSR count). The quantitative estimate of drug-likeness (QED) is 0.785. The first kappa shape index (κ1) is 15.6. The Morgan fingerprint density at radius 2 is 2.16 bits per heavy atom. The minimum Gasteiger partial charge on any atom is -0.398 e. The van der Waals surface area contributed by atoms with E-state index in [1.807, 2.05) is 25.1 Å². The second-order valence-corrected chi connectivity index (χ2v) is 5.29. The molecule has 4 nitrogen and oxygen atoms in total. The lowest BCUT2D eigenvalue weighted by atomic mass is 10.1. The van der Waals surface area contributed by atoms with Gasteiger partial charge in [-0.3, -0.25) is 4.79 Å². The van der Waals surface area contributed by atoms with Crippen molar-refractivity contribution in [1.29, 1.82) is 0 Å². The topological polar surface area (TPSA) is 72.3 Å². The van der Waals surface area contributed by atoms with Crippen LogP contribution in [-0.4, -0.2) is 31.0 Å². The minimum absolute atomic E-state index is 0.0695. The van der Waals surface area contributed by atoms with Gasteiger partial charge in [0.25, 0.3) is 5.91 Å². The number of amides is 1. The summed E-state index contributed by atoms with van der Waals surface area (Å²) in [4.78, 5) is 13.1. The highest BCUT2D eigenvalue weighted by molar-refractivity contribution is 7.98. The van der Waals surface area contributed by atoms with Crippen LogP contribution >= 0.6 is 11.8 Å². The number of nitrogens with two attached hydrogens (primary N) is 2. The highest BCUT2D eigenvalue weighted by Crippen LogP contribution is 2.27.